The standard InChI is InChI=1S/C17H14FNO3/c1-2-22-13-9-11(18)8-12(10-13)19-7-6-14-15(17(20)21)4-3-5-16(14)19/h3-10H,2H2,1H3,(H,20,21). The molecule has 0 unspecified atom stereocenters. The minimum atomic E-state index is -0.988. The highest BCUT2D eigenvalue weighted by Gasteiger charge is 2.12. The molecule has 0 radical (unpaired) electrons. The second kappa shape index (κ2) is 5.52. The average Bonchev–Trinajstić information content (AvgIpc) is 2.90. The third-order valence-corrected chi connectivity index (χ3v) is 3.41. The zero-order valence-corrected chi connectivity index (χ0v) is 11.9. The van der Waals surface area contributed by atoms with Gasteiger partial charge in [0.1, 0.15) is 11.6 Å². The van der Waals surface area contributed by atoms with Crippen LogP contribution in [0.25, 0.3) is 16.6 Å². The second-order valence-corrected chi connectivity index (χ2v) is 4.81. The highest BCUT2D eigenvalue weighted by molar-refractivity contribution is 6.03. The molecule has 3 rings (SSSR count). The fraction of sp³-hybridized carbons (Fsp3) is 0.118. The van der Waals surface area contributed by atoms with Gasteiger partial charge < -0.3 is 14.4 Å². The number of ether oxygens (including phenoxy) is 1. The van der Waals surface area contributed by atoms with Gasteiger partial charge in [0.15, 0.2) is 0 Å². The molecule has 0 amide bonds. The number of halogens is 1. The van der Waals surface area contributed by atoms with Crippen molar-refractivity contribution in [1.82, 2.24) is 4.57 Å². The first kappa shape index (κ1) is 14.1. The van der Waals surface area contributed by atoms with Crippen LogP contribution in [0.5, 0.6) is 5.75 Å². The summed E-state index contributed by atoms with van der Waals surface area (Å²) >= 11 is 0. The van der Waals surface area contributed by atoms with Crippen molar-refractivity contribution in [1.29, 1.82) is 0 Å². The Morgan fingerprint density at radius 1 is 1.27 bits per heavy atom. The van der Waals surface area contributed by atoms with Crippen molar-refractivity contribution in [2.75, 3.05) is 6.61 Å². The van der Waals surface area contributed by atoms with Crippen molar-refractivity contribution in [3.05, 3.63) is 60.0 Å². The molecule has 5 heteroatoms. The number of fused-ring (bicyclic) bond motifs is 1. The van der Waals surface area contributed by atoms with Gasteiger partial charge in [-0.15, -0.1) is 0 Å². The Hall–Kier alpha value is -2.82. The summed E-state index contributed by atoms with van der Waals surface area (Å²) in [6, 6.07) is 11.2. The first-order valence-corrected chi connectivity index (χ1v) is 6.87. The average molecular weight is 299 g/mol. The van der Waals surface area contributed by atoms with E-state index in [-0.39, 0.29) is 5.56 Å². The Balaban J connectivity index is 2.19. The lowest BCUT2D eigenvalue weighted by atomic mass is 10.1. The van der Waals surface area contributed by atoms with Gasteiger partial charge in [-0.05, 0) is 31.2 Å². The van der Waals surface area contributed by atoms with Crippen molar-refractivity contribution in [2.24, 2.45) is 0 Å². The molecule has 0 saturated heterocycles. The van der Waals surface area contributed by atoms with Gasteiger partial charge in [0.2, 0.25) is 0 Å². The molecule has 112 valence electrons. The molecule has 1 heterocycles. The Morgan fingerprint density at radius 3 is 2.82 bits per heavy atom. The summed E-state index contributed by atoms with van der Waals surface area (Å²) in [5.74, 6) is -0.955. The highest BCUT2D eigenvalue weighted by atomic mass is 19.1. The lowest BCUT2D eigenvalue weighted by molar-refractivity contribution is 0.0699. The summed E-state index contributed by atoms with van der Waals surface area (Å²) in [6.07, 6.45) is 1.72. The molecule has 2 aromatic carbocycles. The van der Waals surface area contributed by atoms with Crippen LogP contribution in [0.15, 0.2) is 48.7 Å². The quantitative estimate of drug-likeness (QED) is 0.795. The van der Waals surface area contributed by atoms with Gasteiger partial charge in [-0.25, -0.2) is 9.18 Å². The predicted molar refractivity (Wildman–Crippen MR) is 81.4 cm³/mol. The summed E-state index contributed by atoms with van der Waals surface area (Å²) in [5, 5.41) is 9.84. The van der Waals surface area contributed by atoms with E-state index in [1.165, 1.54) is 12.1 Å². The normalized spacial score (nSPS) is 10.8. The molecule has 0 bridgehead atoms. The number of nitrogens with zero attached hydrogens (tertiary/aromatic N) is 1. The molecular formula is C17H14FNO3. The number of carboxylic acids is 1. The van der Waals surface area contributed by atoms with E-state index < -0.39 is 11.8 Å². The van der Waals surface area contributed by atoms with Crippen LogP contribution in [-0.2, 0) is 0 Å². The first-order valence-electron chi connectivity index (χ1n) is 6.87. The lowest BCUT2D eigenvalue weighted by Crippen LogP contribution is -1.99. The van der Waals surface area contributed by atoms with E-state index >= 15 is 0 Å². The molecule has 3 aromatic rings. The van der Waals surface area contributed by atoms with Gasteiger partial charge in [-0.3, -0.25) is 0 Å². The van der Waals surface area contributed by atoms with E-state index in [9.17, 15) is 14.3 Å². The van der Waals surface area contributed by atoms with Crippen LogP contribution in [0.2, 0.25) is 0 Å². The topological polar surface area (TPSA) is 51.5 Å². The number of hydrogen-bond donors (Lipinski definition) is 1. The minimum Gasteiger partial charge on any atom is -0.494 e. The Labute approximate surface area is 126 Å². The Bertz CT molecular complexity index is 854. The molecule has 0 aliphatic heterocycles. The number of carboxylic acid groups (broad SMARTS) is 1. The molecule has 0 fully saturated rings. The summed E-state index contributed by atoms with van der Waals surface area (Å²) in [6.45, 7) is 2.27. The molecule has 22 heavy (non-hydrogen) atoms. The minimum absolute atomic E-state index is 0.220. The lowest BCUT2D eigenvalue weighted by Gasteiger charge is -2.09. The van der Waals surface area contributed by atoms with Crippen LogP contribution < -0.4 is 4.74 Å². The van der Waals surface area contributed by atoms with E-state index in [4.69, 9.17) is 4.74 Å². The molecule has 0 spiro atoms. The maximum atomic E-state index is 13.8. The maximum Gasteiger partial charge on any atom is 0.336 e. The van der Waals surface area contributed by atoms with Gasteiger partial charge in [0.25, 0.3) is 0 Å². The summed E-state index contributed by atoms with van der Waals surface area (Å²) in [5.41, 5.74) is 1.51. The van der Waals surface area contributed by atoms with Gasteiger partial charge in [-0.2, -0.15) is 0 Å². The fourth-order valence-electron chi connectivity index (χ4n) is 2.52. The molecule has 0 atom stereocenters. The van der Waals surface area contributed by atoms with Crippen LogP contribution in [0, 0.1) is 5.82 Å². The van der Waals surface area contributed by atoms with Crippen LogP contribution in [0.3, 0.4) is 0 Å². The number of hydrogen-bond acceptors (Lipinski definition) is 2. The van der Waals surface area contributed by atoms with Crippen molar-refractivity contribution in [3.63, 3.8) is 0 Å². The number of aromatic nitrogens is 1. The number of carbonyl (C=O) groups is 1. The molecule has 1 aromatic heterocycles. The van der Waals surface area contributed by atoms with Crippen LogP contribution >= 0.6 is 0 Å². The predicted octanol–water partition coefficient (Wildman–Crippen LogP) is 3.87. The van der Waals surface area contributed by atoms with Crippen molar-refractivity contribution in [2.45, 2.75) is 6.92 Å². The fourth-order valence-corrected chi connectivity index (χ4v) is 2.52. The van der Waals surface area contributed by atoms with E-state index in [0.29, 0.717) is 28.9 Å². The third kappa shape index (κ3) is 2.41. The molecule has 0 saturated carbocycles. The zero-order chi connectivity index (χ0) is 15.7. The van der Waals surface area contributed by atoms with Gasteiger partial charge >= 0.3 is 5.97 Å². The van der Waals surface area contributed by atoms with Gasteiger partial charge in [0, 0.05) is 23.7 Å². The van der Waals surface area contributed by atoms with E-state index in [1.807, 2.05) is 6.92 Å². The van der Waals surface area contributed by atoms with Crippen molar-refractivity contribution >= 4 is 16.9 Å². The zero-order valence-electron chi connectivity index (χ0n) is 11.9. The van der Waals surface area contributed by atoms with Crippen LogP contribution in [0.1, 0.15) is 17.3 Å². The van der Waals surface area contributed by atoms with Crippen molar-refractivity contribution in [3.8, 4) is 11.4 Å². The Morgan fingerprint density at radius 2 is 2.09 bits per heavy atom. The van der Waals surface area contributed by atoms with E-state index in [0.717, 1.165) is 0 Å². The van der Waals surface area contributed by atoms with Crippen LogP contribution in [-0.4, -0.2) is 22.2 Å². The summed E-state index contributed by atoms with van der Waals surface area (Å²) in [7, 11) is 0. The van der Waals surface area contributed by atoms with Gasteiger partial charge in [-0.1, -0.05) is 6.07 Å². The van der Waals surface area contributed by atoms with Crippen molar-refractivity contribution < 1.29 is 19.0 Å². The Kier molecular flexibility index (Phi) is 3.55. The number of benzene rings is 2. The summed E-state index contributed by atoms with van der Waals surface area (Å²) in [4.78, 5) is 11.3. The molecule has 0 aliphatic carbocycles. The molecule has 1 N–H and O–H groups in total. The molecule has 0 aliphatic rings. The SMILES string of the molecule is CCOc1cc(F)cc(-n2ccc3c(C(=O)O)cccc32)c1. The molecular weight excluding hydrogens is 285 g/mol. The van der Waals surface area contributed by atoms with Crippen LogP contribution in [0.4, 0.5) is 4.39 Å². The smallest absolute Gasteiger partial charge is 0.336 e. The number of rotatable bonds is 4. The summed E-state index contributed by atoms with van der Waals surface area (Å²) < 4.78 is 20.9. The largest absolute Gasteiger partial charge is 0.494 e. The van der Waals surface area contributed by atoms with Gasteiger partial charge in [0.05, 0.1) is 23.4 Å². The van der Waals surface area contributed by atoms with E-state index in [1.54, 1.807) is 41.1 Å². The highest BCUT2D eigenvalue weighted by Crippen LogP contribution is 2.26. The first-order chi connectivity index (χ1) is 10.6. The molecule has 4 nitrogen and oxygen atoms in total. The number of aromatic carboxylic acids is 1. The van der Waals surface area contributed by atoms with E-state index in [2.05, 4.69) is 0 Å². The monoisotopic (exact) mass is 299 g/mol. The maximum absolute atomic E-state index is 13.8. The second-order valence-electron chi connectivity index (χ2n) is 4.81. The third-order valence-electron chi connectivity index (χ3n) is 3.41.